The highest BCUT2D eigenvalue weighted by atomic mass is 35.5. The molecular formula is C18H24ClF3N2O3S. The molecule has 158 valence electrons. The maximum absolute atomic E-state index is 13.0. The first-order valence-corrected chi connectivity index (χ1v) is 11.3. The molecule has 1 N–H and O–H groups in total. The zero-order chi connectivity index (χ0) is 20.9. The van der Waals surface area contributed by atoms with E-state index in [-0.39, 0.29) is 16.8 Å². The number of carbonyl (C=O) groups excluding carboxylic acids is 1. The fourth-order valence-corrected chi connectivity index (χ4v) is 4.40. The minimum atomic E-state index is -4.66. The molecular weight excluding hydrogens is 417 g/mol. The average molecular weight is 441 g/mol. The number of rotatable bonds is 5. The number of amides is 1. The lowest BCUT2D eigenvalue weighted by Crippen LogP contribution is -2.44. The van der Waals surface area contributed by atoms with E-state index in [0.717, 1.165) is 63.3 Å². The van der Waals surface area contributed by atoms with Crippen LogP contribution in [0.3, 0.4) is 0 Å². The van der Waals surface area contributed by atoms with Crippen molar-refractivity contribution in [2.45, 2.75) is 57.2 Å². The minimum Gasteiger partial charge on any atom is -0.352 e. The predicted octanol–water partition coefficient (Wildman–Crippen LogP) is 4.35. The van der Waals surface area contributed by atoms with Crippen LogP contribution in [0.5, 0.6) is 0 Å². The molecule has 0 aliphatic heterocycles. The molecule has 1 fully saturated rings. The third kappa shape index (κ3) is 6.55. The van der Waals surface area contributed by atoms with Crippen molar-refractivity contribution < 1.29 is 26.4 Å². The number of carbonyl (C=O) groups is 1. The molecule has 0 saturated heterocycles. The minimum absolute atomic E-state index is 0.0637. The van der Waals surface area contributed by atoms with Gasteiger partial charge in [0.05, 0.1) is 22.5 Å². The molecule has 0 spiro atoms. The molecule has 5 nitrogen and oxygen atoms in total. The van der Waals surface area contributed by atoms with Crippen LogP contribution in [0.4, 0.5) is 18.9 Å². The molecule has 0 aromatic heterocycles. The summed E-state index contributed by atoms with van der Waals surface area (Å²) in [5, 5.41) is 2.63. The fraction of sp³-hybridized carbons (Fsp3) is 0.611. The van der Waals surface area contributed by atoms with Crippen LogP contribution >= 0.6 is 11.6 Å². The topological polar surface area (TPSA) is 66.5 Å². The average Bonchev–Trinajstić information content (AvgIpc) is 2.54. The maximum atomic E-state index is 13.0. The third-order valence-corrected chi connectivity index (χ3v) is 6.15. The van der Waals surface area contributed by atoms with Gasteiger partial charge in [-0.3, -0.25) is 9.10 Å². The van der Waals surface area contributed by atoms with Gasteiger partial charge in [0, 0.05) is 6.04 Å². The van der Waals surface area contributed by atoms with Gasteiger partial charge in [0.25, 0.3) is 0 Å². The molecule has 1 aromatic carbocycles. The number of nitrogens with zero attached hydrogens (tertiary/aromatic N) is 1. The lowest BCUT2D eigenvalue weighted by Gasteiger charge is -2.26. The molecule has 0 atom stereocenters. The van der Waals surface area contributed by atoms with Crippen LogP contribution in [0.15, 0.2) is 18.2 Å². The van der Waals surface area contributed by atoms with Crippen molar-refractivity contribution in [3.8, 4) is 0 Å². The second kappa shape index (κ2) is 9.35. The first-order valence-electron chi connectivity index (χ1n) is 9.12. The highest BCUT2D eigenvalue weighted by Crippen LogP contribution is 2.36. The second-order valence-corrected chi connectivity index (χ2v) is 9.36. The normalized spacial score (nSPS) is 16.9. The number of sulfonamides is 1. The summed E-state index contributed by atoms with van der Waals surface area (Å²) in [6.45, 7) is -0.629. The van der Waals surface area contributed by atoms with Gasteiger partial charge in [-0.25, -0.2) is 8.42 Å². The molecule has 28 heavy (non-hydrogen) atoms. The first-order chi connectivity index (χ1) is 13.0. The van der Waals surface area contributed by atoms with E-state index < -0.39 is 34.2 Å². The van der Waals surface area contributed by atoms with Crippen LogP contribution in [0.2, 0.25) is 5.02 Å². The zero-order valence-electron chi connectivity index (χ0n) is 15.6. The monoisotopic (exact) mass is 440 g/mol. The highest BCUT2D eigenvalue weighted by Gasteiger charge is 2.33. The Kier molecular flexibility index (Phi) is 7.61. The summed E-state index contributed by atoms with van der Waals surface area (Å²) >= 11 is 5.96. The van der Waals surface area contributed by atoms with Gasteiger partial charge in [-0.2, -0.15) is 13.2 Å². The number of nitrogens with one attached hydrogen (secondary N) is 1. The Hall–Kier alpha value is -1.48. The summed E-state index contributed by atoms with van der Waals surface area (Å²) < 4.78 is 64.0. The van der Waals surface area contributed by atoms with E-state index in [1.807, 2.05) is 0 Å². The molecule has 2 rings (SSSR count). The number of hydrogen-bond acceptors (Lipinski definition) is 3. The van der Waals surface area contributed by atoms with E-state index in [1.54, 1.807) is 0 Å². The fourth-order valence-electron chi connectivity index (χ4n) is 3.27. The lowest BCUT2D eigenvalue weighted by atomic mass is 9.97. The summed E-state index contributed by atoms with van der Waals surface area (Å²) in [5.41, 5.74) is -1.41. The van der Waals surface area contributed by atoms with Crippen LogP contribution in [0.25, 0.3) is 0 Å². The van der Waals surface area contributed by atoms with Crippen molar-refractivity contribution in [2.24, 2.45) is 0 Å². The van der Waals surface area contributed by atoms with Crippen LogP contribution in [0.1, 0.15) is 50.5 Å². The van der Waals surface area contributed by atoms with Gasteiger partial charge >= 0.3 is 6.18 Å². The number of benzene rings is 1. The van der Waals surface area contributed by atoms with E-state index in [0.29, 0.717) is 10.4 Å². The zero-order valence-corrected chi connectivity index (χ0v) is 17.1. The number of anilines is 1. The van der Waals surface area contributed by atoms with E-state index in [2.05, 4.69) is 5.32 Å². The van der Waals surface area contributed by atoms with Crippen molar-refractivity contribution in [2.75, 3.05) is 17.1 Å². The summed E-state index contributed by atoms with van der Waals surface area (Å²) in [6, 6.07) is 2.32. The van der Waals surface area contributed by atoms with Crippen LogP contribution in [0, 0.1) is 0 Å². The van der Waals surface area contributed by atoms with Crippen molar-refractivity contribution in [3.63, 3.8) is 0 Å². The molecule has 1 aliphatic rings. The smallest absolute Gasteiger partial charge is 0.352 e. The van der Waals surface area contributed by atoms with Crippen LogP contribution in [-0.2, 0) is 21.0 Å². The highest BCUT2D eigenvalue weighted by molar-refractivity contribution is 7.92. The molecule has 1 aliphatic carbocycles. The Balaban J connectivity index is 2.22. The molecule has 1 amide bonds. The Bertz CT molecular complexity index is 792. The standard InChI is InChI=1S/C18H24ClF3N2O3S/c1-28(26,27)24(16-11-13(18(20,21)22)9-10-15(16)19)12-17(25)23-14-7-5-3-2-4-6-8-14/h9-11,14H,2-8,12H2,1H3,(H,23,25). The largest absolute Gasteiger partial charge is 0.416 e. The Morgan fingerprint density at radius 1 is 1.18 bits per heavy atom. The molecule has 0 bridgehead atoms. The Labute approximate surface area is 168 Å². The third-order valence-electron chi connectivity index (χ3n) is 4.70. The molecule has 1 saturated carbocycles. The van der Waals surface area contributed by atoms with Crippen LogP contribution < -0.4 is 9.62 Å². The second-order valence-electron chi connectivity index (χ2n) is 7.04. The van der Waals surface area contributed by atoms with E-state index in [1.165, 1.54) is 0 Å². The summed E-state index contributed by atoms with van der Waals surface area (Å²) in [4.78, 5) is 12.5. The maximum Gasteiger partial charge on any atom is 0.416 e. The van der Waals surface area contributed by atoms with Crippen molar-refractivity contribution in [1.29, 1.82) is 0 Å². The predicted molar refractivity (Wildman–Crippen MR) is 103 cm³/mol. The number of halogens is 4. The van der Waals surface area contributed by atoms with E-state index >= 15 is 0 Å². The quantitative estimate of drug-likeness (QED) is 0.740. The van der Waals surface area contributed by atoms with Gasteiger partial charge in [0.2, 0.25) is 15.9 Å². The van der Waals surface area contributed by atoms with Crippen molar-refractivity contribution in [1.82, 2.24) is 5.32 Å². The van der Waals surface area contributed by atoms with Gasteiger partial charge < -0.3 is 5.32 Å². The number of alkyl halides is 3. The molecule has 1 aromatic rings. The molecule has 10 heteroatoms. The van der Waals surface area contributed by atoms with Crippen molar-refractivity contribution in [3.05, 3.63) is 28.8 Å². The van der Waals surface area contributed by atoms with Crippen LogP contribution in [-0.4, -0.2) is 33.2 Å². The molecule has 0 radical (unpaired) electrons. The van der Waals surface area contributed by atoms with Gasteiger partial charge in [-0.05, 0) is 31.0 Å². The molecule has 0 unspecified atom stereocenters. The summed E-state index contributed by atoms with van der Waals surface area (Å²) in [5.74, 6) is -0.565. The van der Waals surface area contributed by atoms with Gasteiger partial charge in [0.15, 0.2) is 0 Å². The summed E-state index contributed by atoms with van der Waals surface area (Å²) in [7, 11) is -4.03. The first kappa shape index (κ1) is 22.8. The van der Waals surface area contributed by atoms with Gasteiger partial charge in [-0.15, -0.1) is 0 Å². The van der Waals surface area contributed by atoms with Gasteiger partial charge in [0.1, 0.15) is 6.54 Å². The van der Waals surface area contributed by atoms with E-state index in [4.69, 9.17) is 11.6 Å². The van der Waals surface area contributed by atoms with E-state index in [9.17, 15) is 26.4 Å². The van der Waals surface area contributed by atoms with Crippen molar-refractivity contribution >= 4 is 33.2 Å². The number of hydrogen-bond donors (Lipinski definition) is 1. The Morgan fingerprint density at radius 3 is 2.29 bits per heavy atom. The molecule has 0 heterocycles. The Morgan fingerprint density at radius 2 is 1.75 bits per heavy atom. The lowest BCUT2D eigenvalue weighted by molar-refractivity contribution is -0.137. The summed E-state index contributed by atoms with van der Waals surface area (Å²) in [6.07, 6.45) is 3.04. The van der Waals surface area contributed by atoms with Gasteiger partial charge in [-0.1, -0.05) is 43.7 Å². The SMILES string of the molecule is CS(=O)(=O)N(CC(=O)NC1CCCCCCC1)c1cc(C(F)(F)F)ccc1Cl.